The molecular formula is C23H40O. The zero-order chi connectivity index (χ0) is 18.0. The van der Waals surface area contributed by atoms with Crippen LogP contribution in [0.3, 0.4) is 0 Å². The molecule has 0 radical (unpaired) electrons. The Morgan fingerprint density at radius 3 is 2.71 bits per heavy atom. The largest absolute Gasteiger partial charge is 0.393 e. The van der Waals surface area contributed by atoms with Crippen molar-refractivity contribution in [3.05, 3.63) is 23.3 Å². The Balaban J connectivity index is 2.05. The first-order valence-corrected chi connectivity index (χ1v) is 10.2. The highest BCUT2D eigenvalue weighted by molar-refractivity contribution is 5.19. The Morgan fingerprint density at radius 1 is 1.33 bits per heavy atom. The zero-order valence-corrected chi connectivity index (χ0v) is 17.0. The topological polar surface area (TPSA) is 20.2 Å². The molecule has 24 heavy (non-hydrogen) atoms. The Hall–Kier alpha value is -0.560. The Labute approximate surface area is 150 Å². The van der Waals surface area contributed by atoms with E-state index in [0.717, 1.165) is 24.7 Å². The van der Waals surface area contributed by atoms with Crippen molar-refractivity contribution < 1.29 is 5.11 Å². The van der Waals surface area contributed by atoms with Gasteiger partial charge in [-0.1, -0.05) is 50.5 Å². The van der Waals surface area contributed by atoms with Gasteiger partial charge >= 0.3 is 0 Å². The van der Waals surface area contributed by atoms with Gasteiger partial charge in [0.25, 0.3) is 0 Å². The van der Waals surface area contributed by atoms with Crippen LogP contribution in [0.2, 0.25) is 0 Å². The van der Waals surface area contributed by atoms with Gasteiger partial charge < -0.3 is 5.11 Å². The van der Waals surface area contributed by atoms with Gasteiger partial charge in [0.2, 0.25) is 0 Å². The second-order valence-corrected chi connectivity index (χ2v) is 9.65. The van der Waals surface area contributed by atoms with Crippen LogP contribution in [0, 0.1) is 22.7 Å². The van der Waals surface area contributed by atoms with E-state index in [1.54, 1.807) is 5.57 Å². The average molecular weight is 333 g/mol. The maximum Gasteiger partial charge on any atom is 0.0515 e. The maximum absolute atomic E-state index is 9.41. The van der Waals surface area contributed by atoms with Crippen LogP contribution in [0.1, 0.15) is 92.9 Å². The van der Waals surface area contributed by atoms with E-state index in [2.05, 4.69) is 46.8 Å². The van der Waals surface area contributed by atoms with Crippen molar-refractivity contribution >= 4 is 0 Å². The molecule has 0 aromatic rings. The number of allylic oxidation sites excluding steroid dienone is 4. The molecular weight excluding hydrogens is 292 g/mol. The standard InChI is InChI=1S/C23H40O/c1-17(9-7-10-19(3)24)11-13-20-18(2)12-14-21-22(4,5)15-8-16-23(20,21)6/h9,12,19-21,24H,7-8,10-11,13-16H2,1-6H3/b17-9+/t19-,20+,21-,23-/m0/s1. The summed E-state index contributed by atoms with van der Waals surface area (Å²) in [5.74, 6) is 1.59. The van der Waals surface area contributed by atoms with Gasteiger partial charge in [0.15, 0.2) is 0 Å². The van der Waals surface area contributed by atoms with Gasteiger partial charge in [-0.25, -0.2) is 0 Å². The minimum absolute atomic E-state index is 0.179. The maximum atomic E-state index is 9.41. The van der Waals surface area contributed by atoms with E-state index >= 15 is 0 Å². The lowest BCUT2D eigenvalue weighted by atomic mass is 9.48. The summed E-state index contributed by atoms with van der Waals surface area (Å²) < 4.78 is 0. The lowest BCUT2D eigenvalue weighted by molar-refractivity contribution is -0.0390. The fourth-order valence-corrected chi connectivity index (χ4v) is 5.74. The summed E-state index contributed by atoms with van der Waals surface area (Å²) in [4.78, 5) is 0. The van der Waals surface area contributed by atoms with Crippen LogP contribution in [0.15, 0.2) is 23.3 Å². The smallest absolute Gasteiger partial charge is 0.0515 e. The number of aliphatic hydroxyl groups is 1. The lowest BCUT2D eigenvalue weighted by Crippen LogP contribution is -2.48. The van der Waals surface area contributed by atoms with Crippen molar-refractivity contribution in [2.75, 3.05) is 0 Å². The Kier molecular flexibility index (Phi) is 6.40. The molecule has 1 fully saturated rings. The van der Waals surface area contributed by atoms with Crippen LogP contribution in [0.5, 0.6) is 0 Å². The molecule has 4 atom stereocenters. The molecule has 0 saturated heterocycles. The molecule has 0 aliphatic heterocycles. The highest BCUT2D eigenvalue weighted by Gasteiger charge is 2.51. The molecule has 2 rings (SSSR count). The summed E-state index contributed by atoms with van der Waals surface area (Å²) in [6.45, 7) is 14.1. The normalized spacial score (nSPS) is 34.5. The molecule has 0 aromatic heterocycles. The van der Waals surface area contributed by atoms with Gasteiger partial charge in [-0.2, -0.15) is 0 Å². The van der Waals surface area contributed by atoms with Crippen molar-refractivity contribution in [3.63, 3.8) is 0 Å². The van der Waals surface area contributed by atoms with Crippen molar-refractivity contribution in [2.45, 2.75) is 99.0 Å². The first-order chi connectivity index (χ1) is 11.2. The molecule has 1 heteroatoms. The number of aliphatic hydroxyl groups excluding tert-OH is 1. The van der Waals surface area contributed by atoms with E-state index in [-0.39, 0.29) is 6.10 Å². The predicted molar refractivity (Wildman–Crippen MR) is 105 cm³/mol. The minimum atomic E-state index is -0.179. The molecule has 2 aliphatic rings. The summed E-state index contributed by atoms with van der Waals surface area (Å²) >= 11 is 0. The summed E-state index contributed by atoms with van der Waals surface area (Å²) in [6, 6.07) is 0. The van der Waals surface area contributed by atoms with Gasteiger partial charge in [-0.05, 0) is 88.4 Å². The van der Waals surface area contributed by atoms with Crippen LogP contribution >= 0.6 is 0 Å². The van der Waals surface area contributed by atoms with Crippen LogP contribution in [0.25, 0.3) is 0 Å². The zero-order valence-electron chi connectivity index (χ0n) is 17.0. The van der Waals surface area contributed by atoms with Crippen LogP contribution in [-0.4, -0.2) is 11.2 Å². The summed E-state index contributed by atoms with van der Waals surface area (Å²) in [5, 5.41) is 9.41. The second kappa shape index (κ2) is 7.77. The molecule has 0 spiro atoms. The second-order valence-electron chi connectivity index (χ2n) is 9.65. The van der Waals surface area contributed by atoms with Gasteiger partial charge in [0.1, 0.15) is 0 Å². The van der Waals surface area contributed by atoms with E-state index < -0.39 is 0 Å². The van der Waals surface area contributed by atoms with E-state index in [4.69, 9.17) is 0 Å². The molecule has 1 N–H and O–H groups in total. The Morgan fingerprint density at radius 2 is 2.04 bits per heavy atom. The summed E-state index contributed by atoms with van der Waals surface area (Å²) in [5.41, 5.74) is 4.12. The quantitative estimate of drug-likeness (QED) is 0.538. The predicted octanol–water partition coefficient (Wildman–Crippen LogP) is 6.67. The van der Waals surface area contributed by atoms with Crippen LogP contribution in [0.4, 0.5) is 0 Å². The third kappa shape index (κ3) is 4.34. The molecule has 138 valence electrons. The number of hydrogen-bond acceptors (Lipinski definition) is 1. The van der Waals surface area contributed by atoms with E-state index in [1.165, 1.54) is 44.1 Å². The molecule has 1 nitrogen and oxygen atoms in total. The van der Waals surface area contributed by atoms with Gasteiger partial charge in [-0.3, -0.25) is 0 Å². The highest BCUT2D eigenvalue weighted by atomic mass is 16.3. The molecule has 0 amide bonds. The Bertz CT molecular complexity index is 482. The van der Waals surface area contributed by atoms with Crippen molar-refractivity contribution in [2.24, 2.45) is 22.7 Å². The van der Waals surface area contributed by atoms with Gasteiger partial charge in [0.05, 0.1) is 6.10 Å². The number of rotatable bonds is 6. The SMILES string of the molecule is CC1=CC[C@H]2C(C)(C)CCC[C@@]2(C)[C@@H]1CC/C(C)=C/CC[C@H](C)O. The number of fused-ring (bicyclic) bond motifs is 1. The summed E-state index contributed by atoms with van der Waals surface area (Å²) in [7, 11) is 0. The fourth-order valence-electron chi connectivity index (χ4n) is 5.74. The highest BCUT2D eigenvalue weighted by Crippen LogP contribution is 2.60. The fraction of sp³-hybridized carbons (Fsp3) is 0.826. The van der Waals surface area contributed by atoms with Crippen LogP contribution in [-0.2, 0) is 0 Å². The van der Waals surface area contributed by atoms with E-state index in [0.29, 0.717) is 10.8 Å². The third-order valence-corrected chi connectivity index (χ3v) is 7.20. The van der Waals surface area contributed by atoms with Crippen molar-refractivity contribution in [1.29, 1.82) is 0 Å². The van der Waals surface area contributed by atoms with Gasteiger partial charge in [-0.15, -0.1) is 0 Å². The monoisotopic (exact) mass is 332 g/mol. The van der Waals surface area contributed by atoms with Gasteiger partial charge in [0, 0.05) is 0 Å². The first kappa shape index (κ1) is 19.8. The van der Waals surface area contributed by atoms with Crippen LogP contribution < -0.4 is 0 Å². The molecule has 2 aliphatic carbocycles. The van der Waals surface area contributed by atoms with Crippen molar-refractivity contribution in [1.82, 2.24) is 0 Å². The number of hydrogen-bond donors (Lipinski definition) is 1. The summed E-state index contributed by atoms with van der Waals surface area (Å²) in [6.07, 6.45) is 14.6. The van der Waals surface area contributed by atoms with Crippen molar-refractivity contribution in [3.8, 4) is 0 Å². The van der Waals surface area contributed by atoms with E-state index in [1.807, 2.05) is 6.92 Å². The molecule has 1 saturated carbocycles. The molecule has 0 unspecified atom stereocenters. The lowest BCUT2D eigenvalue weighted by Gasteiger charge is -2.57. The minimum Gasteiger partial charge on any atom is -0.393 e. The van der Waals surface area contributed by atoms with E-state index in [9.17, 15) is 5.11 Å². The molecule has 0 bridgehead atoms. The first-order valence-electron chi connectivity index (χ1n) is 10.2. The molecule has 0 heterocycles. The average Bonchev–Trinajstić information content (AvgIpc) is 2.45. The molecule has 0 aromatic carbocycles. The third-order valence-electron chi connectivity index (χ3n) is 7.20.